The largest absolute Gasteiger partial charge is 0.433 e. The zero-order valence-corrected chi connectivity index (χ0v) is 11.8. The summed E-state index contributed by atoms with van der Waals surface area (Å²) >= 11 is 0. The van der Waals surface area contributed by atoms with E-state index in [1.54, 1.807) is 0 Å². The van der Waals surface area contributed by atoms with Gasteiger partial charge in [-0.15, -0.1) is 0 Å². The van der Waals surface area contributed by atoms with E-state index >= 15 is 0 Å². The van der Waals surface area contributed by atoms with E-state index in [2.05, 4.69) is 24.0 Å². The second kappa shape index (κ2) is 6.57. The number of nitrogens with one attached hydrogen (secondary N) is 1. The first kappa shape index (κ1) is 14.7. The third-order valence-corrected chi connectivity index (χ3v) is 3.32. The van der Waals surface area contributed by atoms with E-state index < -0.39 is 6.09 Å². The molecule has 0 aromatic carbocycles. The van der Waals surface area contributed by atoms with Crippen molar-refractivity contribution in [3.63, 3.8) is 0 Å². The number of allylic oxidation sites excluding steroid dienone is 1. The predicted octanol–water partition coefficient (Wildman–Crippen LogP) is 3.49. The molecule has 1 amide bonds. The Morgan fingerprint density at radius 3 is 2.72 bits per heavy atom. The number of amides is 1. The van der Waals surface area contributed by atoms with Crippen LogP contribution in [0.3, 0.4) is 0 Å². The Morgan fingerprint density at radius 2 is 2.17 bits per heavy atom. The van der Waals surface area contributed by atoms with Gasteiger partial charge in [-0.1, -0.05) is 24.2 Å². The molecule has 0 saturated heterocycles. The molecule has 1 aliphatic rings. The molecule has 0 bridgehead atoms. The molecule has 1 rings (SSSR count). The number of rotatable bonds is 3. The van der Waals surface area contributed by atoms with Crippen molar-refractivity contribution < 1.29 is 9.63 Å². The second-order valence-corrected chi connectivity index (χ2v) is 5.49. The monoisotopic (exact) mass is 252 g/mol. The third-order valence-electron chi connectivity index (χ3n) is 3.32. The lowest BCUT2D eigenvalue weighted by molar-refractivity contribution is 0.146. The van der Waals surface area contributed by atoms with E-state index in [-0.39, 0.29) is 6.04 Å². The zero-order chi connectivity index (χ0) is 13.7. The highest BCUT2D eigenvalue weighted by Crippen LogP contribution is 2.30. The van der Waals surface area contributed by atoms with Gasteiger partial charge in [0.15, 0.2) is 0 Å². The molecule has 0 radical (unpaired) electrons. The van der Waals surface area contributed by atoms with Gasteiger partial charge in [-0.2, -0.15) is 0 Å². The van der Waals surface area contributed by atoms with E-state index in [1.807, 2.05) is 20.8 Å². The number of oxime groups is 1. The fourth-order valence-electron chi connectivity index (χ4n) is 2.08. The normalized spacial score (nSPS) is 26.2. The van der Waals surface area contributed by atoms with Crippen molar-refractivity contribution in [2.45, 2.75) is 53.0 Å². The first-order valence-electron chi connectivity index (χ1n) is 6.59. The van der Waals surface area contributed by atoms with E-state index in [0.717, 1.165) is 25.0 Å². The molecular weight excluding hydrogens is 228 g/mol. The summed E-state index contributed by atoms with van der Waals surface area (Å²) in [7, 11) is 0. The van der Waals surface area contributed by atoms with Crippen molar-refractivity contribution in [1.29, 1.82) is 0 Å². The molecule has 18 heavy (non-hydrogen) atoms. The highest BCUT2D eigenvalue weighted by atomic mass is 16.7. The van der Waals surface area contributed by atoms with Gasteiger partial charge < -0.3 is 5.32 Å². The van der Waals surface area contributed by atoms with Crippen LogP contribution in [0, 0.1) is 11.8 Å². The summed E-state index contributed by atoms with van der Waals surface area (Å²) in [5.74, 6) is 0.851. The Bertz CT molecular complexity index is 348. The fraction of sp³-hybridized carbons (Fsp3) is 0.714. The molecule has 1 fully saturated rings. The van der Waals surface area contributed by atoms with E-state index in [1.165, 1.54) is 5.57 Å². The summed E-state index contributed by atoms with van der Waals surface area (Å²) in [5.41, 5.74) is 2.15. The number of hydrogen-bond donors (Lipinski definition) is 1. The van der Waals surface area contributed by atoms with E-state index in [4.69, 9.17) is 4.84 Å². The first-order chi connectivity index (χ1) is 8.40. The lowest BCUT2D eigenvalue weighted by Crippen LogP contribution is -2.30. The molecule has 1 aliphatic carbocycles. The van der Waals surface area contributed by atoms with Crippen LogP contribution in [-0.4, -0.2) is 17.8 Å². The highest BCUT2D eigenvalue weighted by Gasteiger charge is 2.25. The minimum absolute atomic E-state index is 0.0599. The summed E-state index contributed by atoms with van der Waals surface area (Å²) in [6, 6.07) is 0.0599. The Morgan fingerprint density at radius 1 is 1.50 bits per heavy atom. The molecule has 0 aliphatic heterocycles. The average Bonchev–Trinajstić information content (AvgIpc) is 2.26. The predicted molar refractivity (Wildman–Crippen MR) is 73.5 cm³/mol. The maximum atomic E-state index is 11.4. The quantitative estimate of drug-likeness (QED) is 0.475. The van der Waals surface area contributed by atoms with Crippen LogP contribution in [0.5, 0.6) is 0 Å². The van der Waals surface area contributed by atoms with Crippen LogP contribution in [0.4, 0.5) is 4.79 Å². The molecule has 0 heterocycles. The van der Waals surface area contributed by atoms with Gasteiger partial charge in [-0.3, -0.25) is 4.84 Å². The molecule has 2 unspecified atom stereocenters. The Labute approximate surface area is 109 Å². The smallest absolute Gasteiger partial charge is 0.317 e. The zero-order valence-electron chi connectivity index (χ0n) is 11.8. The topological polar surface area (TPSA) is 50.7 Å². The number of carbonyl (C=O) groups excluding carboxylic acids is 1. The Hall–Kier alpha value is -1.32. The van der Waals surface area contributed by atoms with Gasteiger partial charge in [0.1, 0.15) is 0 Å². The van der Waals surface area contributed by atoms with E-state index in [0.29, 0.717) is 11.8 Å². The van der Waals surface area contributed by atoms with Gasteiger partial charge in [0.05, 0.1) is 5.71 Å². The summed E-state index contributed by atoms with van der Waals surface area (Å²) in [4.78, 5) is 16.3. The molecular formula is C14H24N2O2. The summed E-state index contributed by atoms with van der Waals surface area (Å²) in [5, 5.41) is 6.66. The maximum Gasteiger partial charge on any atom is 0.433 e. The Kier molecular flexibility index (Phi) is 5.38. The summed E-state index contributed by atoms with van der Waals surface area (Å²) in [6.07, 6.45) is 2.59. The van der Waals surface area contributed by atoms with Crippen molar-refractivity contribution in [3.8, 4) is 0 Å². The number of nitrogens with zero attached hydrogens (tertiary/aromatic N) is 1. The van der Waals surface area contributed by atoms with Gasteiger partial charge in [-0.25, -0.2) is 4.79 Å². The molecule has 0 aromatic rings. The fourth-order valence-corrected chi connectivity index (χ4v) is 2.08. The highest BCUT2D eigenvalue weighted by molar-refractivity contribution is 5.87. The van der Waals surface area contributed by atoms with Crippen LogP contribution in [-0.2, 0) is 4.84 Å². The minimum Gasteiger partial charge on any atom is -0.317 e. The minimum atomic E-state index is -0.484. The van der Waals surface area contributed by atoms with Crippen LogP contribution in [0.15, 0.2) is 17.3 Å². The van der Waals surface area contributed by atoms with Gasteiger partial charge in [-0.05, 0) is 51.9 Å². The number of hydrogen-bond acceptors (Lipinski definition) is 3. The van der Waals surface area contributed by atoms with Crippen molar-refractivity contribution in [3.05, 3.63) is 12.2 Å². The first-order valence-corrected chi connectivity index (χ1v) is 6.59. The van der Waals surface area contributed by atoms with Gasteiger partial charge in [0.25, 0.3) is 0 Å². The SMILES string of the molecule is C=C(C)C1CCC(C)/C(=N\OC(=O)NC(C)C)C1. The van der Waals surface area contributed by atoms with Gasteiger partial charge in [0, 0.05) is 6.04 Å². The summed E-state index contributed by atoms with van der Waals surface area (Å²) in [6.45, 7) is 11.9. The third kappa shape index (κ3) is 4.51. The van der Waals surface area contributed by atoms with Crippen molar-refractivity contribution >= 4 is 11.8 Å². The maximum absolute atomic E-state index is 11.4. The molecule has 0 spiro atoms. The van der Waals surface area contributed by atoms with Crippen molar-refractivity contribution in [2.24, 2.45) is 17.0 Å². The van der Waals surface area contributed by atoms with Gasteiger partial charge in [0.2, 0.25) is 0 Å². The second-order valence-electron chi connectivity index (χ2n) is 5.49. The molecule has 102 valence electrons. The van der Waals surface area contributed by atoms with Gasteiger partial charge >= 0.3 is 6.09 Å². The lowest BCUT2D eigenvalue weighted by atomic mass is 9.79. The molecule has 1 saturated carbocycles. The Balaban J connectivity index is 2.56. The molecule has 0 aromatic heterocycles. The lowest BCUT2D eigenvalue weighted by Gasteiger charge is -2.27. The van der Waals surface area contributed by atoms with Crippen LogP contribution in [0.25, 0.3) is 0 Å². The average molecular weight is 252 g/mol. The number of carbonyl (C=O) groups is 1. The van der Waals surface area contributed by atoms with Crippen LogP contribution in [0.1, 0.15) is 47.0 Å². The van der Waals surface area contributed by atoms with E-state index in [9.17, 15) is 4.79 Å². The van der Waals surface area contributed by atoms with Crippen molar-refractivity contribution in [1.82, 2.24) is 5.32 Å². The molecule has 4 nitrogen and oxygen atoms in total. The standard InChI is InChI=1S/C14H24N2O2/c1-9(2)12-7-6-11(5)13(8-12)16-18-14(17)15-10(3)4/h10-12H,1,6-8H2,2-5H3,(H,15,17)/b16-13-. The molecule has 2 atom stereocenters. The van der Waals surface area contributed by atoms with Crippen LogP contribution in [0.2, 0.25) is 0 Å². The van der Waals surface area contributed by atoms with Crippen molar-refractivity contribution in [2.75, 3.05) is 0 Å². The molecule has 4 heteroatoms. The van der Waals surface area contributed by atoms with Crippen LogP contribution < -0.4 is 5.32 Å². The van der Waals surface area contributed by atoms with Crippen LogP contribution >= 0.6 is 0 Å². The summed E-state index contributed by atoms with van der Waals surface area (Å²) < 4.78 is 0. The molecule has 1 N–H and O–H groups in total.